The van der Waals surface area contributed by atoms with Crippen molar-refractivity contribution in [3.05, 3.63) is 71.0 Å². The van der Waals surface area contributed by atoms with Gasteiger partial charge in [0.25, 0.3) is 5.91 Å². The summed E-state index contributed by atoms with van der Waals surface area (Å²) in [7, 11) is 1.49. The third-order valence-corrected chi connectivity index (χ3v) is 6.11. The van der Waals surface area contributed by atoms with Crippen LogP contribution in [0.1, 0.15) is 29.9 Å². The number of ether oxygens (including phenoxy) is 2. The Morgan fingerprint density at radius 3 is 2.33 bits per heavy atom. The van der Waals surface area contributed by atoms with Crippen molar-refractivity contribution in [2.45, 2.75) is 20.0 Å². The molecule has 0 atom stereocenters. The van der Waals surface area contributed by atoms with E-state index in [-0.39, 0.29) is 28.9 Å². The van der Waals surface area contributed by atoms with Crippen molar-refractivity contribution in [1.29, 1.82) is 0 Å². The van der Waals surface area contributed by atoms with Crippen LogP contribution in [0.25, 0.3) is 0 Å². The van der Waals surface area contributed by atoms with E-state index in [1.54, 1.807) is 30.3 Å². The van der Waals surface area contributed by atoms with Gasteiger partial charge in [0.05, 0.1) is 11.3 Å². The maximum Gasteiger partial charge on any atom is 0.420 e. The van der Waals surface area contributed by atoms with Crippen molar-refractivity contribution in [1.82, 2.24) is 15.2 Å². The molecule has 13 heteroatoms. The van der Waals surface area contributed by atoms with Crippen LogP contribution in [0, 0.1) is 0 Å². The zero-order valence-electron chi connectivity index (χ0n) is 22.1. The van der Waals surface area contributed by atoms with E-state index < -0.39 is 23.5 Å². The standard InChI is InChI=1S/C27H29ClF3N5O4/c1-4-36(5-2)14-15-39-24-20(27(29,30)31)10-11-21(23(24)28)35-26(38)34-17-6-8-18(9-7-17)40-19-12-13-33-22(16-19)25(37)32-3/h6-13,16H,4-5,14-15H2,1-3H3,(H,32,37)(H2,34,35,38). The Labute approximate surface area is 234 Å². The summed E-state index contributed by atoms with van der Waals surface area (Å²) in [6.07, 6.45) is -3.26. The van der Waals surface area contributed by atoms with Crippen LogP contribution >= 0.6 is 11.6 Å². The molecule has 1 heterocycles. The molecule has 3 rings (SSSR count). The molecule has 214 valence electrons. The van der Waals surface area contributed by atoms with Gasteiger partial charge in [-0.15, -0.1) is 0 Å². The molecule has 0 saturated heterocycles. The minimum absolute atomic E-state index is 0.0127. The van der Waals surface area contributed by atoms with Crippen molar-refractivity contribution >= 4 is 34.9 Å². The van der Waals surface area contributed by atoms with Crippen molar-refractivity contribution in [2.24, 2.45) is 0 Å². The number of alkyl halides is 3. The molecule has 3 aromatic rings. The largest absolute Gasteiger partial charge is 0.490 e. The van der Waals surface area contributed by atoms with Gasteiger partial charge in [0, 0.05) is 31.5 Å². The van der Waals surface area contributed by atoms with Crippen molar-refractivity contribution < 1.29 is 32.2 Å². The normalized spacial score (nSPS) is 11.2. The fraction of sp³-hybridized carbons (Fsp3) is 0.296. The molecule has 3 amide bonds. The summed E-state index contributed by atoms with van der Waals surface area (Å²) in [5.74, 6) is -0.0878. The van der Waals surface area contributed by atoms with Crippen LogP contribution in [0.4, 0.5) is 29.3 Å². The third-order valence-electron chi connectivity index (χ3n) is 5.74. The van der Waals surface area contributed by atoms with Gasteiger partial charge in [0.2, 0.25) is 0 Å². The second-order valence-electron chi connectivity index (χ2n) is 8.34. The van der Waals surface area contributed by atoms with Gasteiger partial charge in [-0.3, -0.25) is 9.78 Å². The minimum atomic E-state index is -4.70. The SMILES string of the molecule is CCN(CC)CCOc1c(C(F)(F)F)ccc(NC(=O)Nc2ccc(Oc3ccnc(C(=O)NC)c3)cc2)c1Cl. The first-order valence-electron chi connectivity index (χ1n) is 12.3. The maximum atomic E-state index is 13.6. The van der Waals surface area contributed by atoms with Gasteiger partial charge in [0.15, 0.2) is 5.75 Å². The molecule has 3 N–H and O–H groups in total. The number of carbonyl (C=O) groups excluding carboxylic acids is 2. The maximum absolute atomic E-state index is 13.6. The molecule has 0 aliphatic carbocycles. The summed E-state index contributed by atoms with van der Waals surface area (Å²) >= 11 is 6.26. The number of likely N-dealkylation sites (N-methyl/N-ethyl adjacent to an activating group) is 1. The number of amides is 3. The van der Waals surface area contributed by atoms with Crippen molar-refractivity contribution in [3.8, 4) is 17.2 Å². The highest BCUT2D eigenvalue weighted by Crippen LogP contribution is 2.43. The topological polar surface area (TPSA) is 105 Å². The summed E-state index contributed by atoms with van der Waals surface area (Å²) in [5, 5.41) is 7.16. The number of hydrogen-bond acceptors (Lipinski definition) is 6. The van der Waals surface area contributed by atoms with E-state index in [1.807, 2.05) is 18.7 Å². The first-order chi connectivity index (χ1) is 19.0. The average molecular weight is 580 g/mol. The van der Waals surface area contributed by atoms with Gasteiger partial charge in [-0.25, -0.2) is 4.79 Å². The molecule has 2 aromatic carbocycles. The van der Waals surface area contributed by atoms with E-state index in [0.717, 1.165) is 25.2 Å². The zero-order valence-corrected chi connectivity index (χ0v) is 22.8. The highest BCUT2D eigenvalue weighted by molar-refractivity contribution is 6.35. The lowest BCUT2D eigenvalue weighted by atomic mass is 10.1. The molecule has 0 aliphatic rings. The van der Waals surface area contributed by atoms with Gasteiger partial charge in [-0.1, -0.05) is 25.4 Å². The Morgan fingerprint density at radius 1 is 1.00 bits per heavy atom. The number of carbonyl (C=O) groups is 2. The second-order valence-corrected chi connectivity index (χ2v) is 8.72. The van der Waals surface area contributed by atoms with Crippen LogP contribution < -0.4 is 25.4 Å². The molecular formula is C27H29ClF3N5O4. The molecule has 0 saturated carbocycles. The molecule has 0 fully saturated rings. The Kier molecular flexibility index (Phi) is 10.6. The predicted octanol–water partition coefficient (Wildman–Crippen LogP) is 6.27. The number of halogens is 4. The average Bonchev–Trinajstić information content (AvgIpc) is 2.93. The number of aromatic nitrogens is 1. The second kappa shape index (κ2) is 13.9. The molecule has 0 radical (unpaired) electrons. The van der Waals surface area contributed by atoms with E-state index in [4.69, 9.17) is 21.1 Å². The van der Waals surface area contributed by atoms with Gasteiger partial charge in [-0.2, -0.15) is 13.2 Å². The Hall–Kier alpha value is -4.03. The van der Waals surface area contributed by atoms with Gasteiger partial charge >= 0.3 is 12.2 Å². The van der Waals surface area contributed by atoms with E-state index in [1.165, 1.54) is 19.3 Å². The van der Waals surface area contributed by atoms with Crippen LogP contribution in [-0.4, -0.2) is 55.1 Å². The molecule has 0 unspecified atom stereocenters. The van der Waals surface area contributed by atoms with Crippen LogP contribution in [0.5, 0.6) is 17.2 Å². The molecule has 0 aliphatic heterocycles. The summed E-state index contributed by atoms with van der Waals surface area (Å²) in [5.41, 5.74) is -0.511. The van der Waals surface area contributed by atoms with E-state index in [2.05, 4.69) is 20.9 Å². The molecule has 40 heavy (non-hydrogen) atoms. The lowest BCUT2D eigenvalue weighted by Gasteiger charge is -2.21. The van der Waals surface area contributed by atoms with Gasteiger partial charge in [-0.05, 0) is 55.6 Å². The van der Waals surface area contributed by atoms with Gasteiger partial charge < -0.3 is 30.3 Å². The number of nitrogens with one attached hydrogen (secondary N) is 3. The molecule has 0 spiro atoms. The lowest BCUT2D eigenvalue weighted by molar-refractivity contribution is -0.139. The fourth-order valence-electron chi connectivity index (χ4n) is 3.59. The summed E-state index contributed by atoms with van der Waals surface area (Å²) in [4.78, 5) is 30.3. The molecular weight excluding hydrogens is 551 g/mol. The number of hydrogen-bond donors (Lipinski definition) is 3. The number of pyridine rings is 1. The number of nitrogens with zero attached hydrogens (tertiary/aromatic N) is 2. The van der Waals surface area contributed by atoms with Crippen LogP contribution in [-0.2, 0) is 6.18 Å². The first kappa shape index (κ1) is 30.5. The summed E-state index contributed by atoms with van der Waals surface area (Å²) in [6.45, 7) is 5.71. The van der Waals surface area contributed by atoms with E-state index >= 15 is 0 Å². The fourth-order valence-corrected chi connectivity index (χ4v) is 3.85. The molecule has 0 bridgehead atoms. The third kappa shape index (κ3) is 8.23. The first-order valence-corrected chi connectivity index (χ1v) is 12.7. The number of rotatable bonds is 11. The van der Waals surface area contributed by atoms with Crippen LogP contribution in [0.15, 0.2) is 54.7 Å². The number of anilines is 2. The quantitative estimate of drug-likeness (QED) is 0.247. The monoisotopic (exact) mass is 579 g/mol. The summed E-state index contributed by atoms with van der Waals surface area (Å²) in [6, 6.07) is 10.5. The lowest BCUT2D eigenvalue weighted by Crippen LogP contribution is -2.28. The number of benzene rings is 2. The number of urea groups is 1. The minimum Gasteiger partial charge on any atom is -0.490 e. The van der Waals surface area contributed by atoms with Crippen LogP contribution in [0.3, 0.4) is 0 Å². The summed E-state index contributed by atoms with van der Waals surface area (Å²) < 4.78 is 51.9. The zero-order chi connectivity index (χ0) is 29.3. The van der Waals surface area contributed by atoms with E-state index in [0.29, 0.717) is 23.7 Å². The molecule has 1 aromatic heterocycles. The highest BCUT2D eigenvalue weighted by atomic mass is 35.5. The van der Waals surface area contributed by atoms with Gasteiger partial charge in [0.1, 0.15) is 28.8 Å². The Balaban J connectivity index is 1.67. The Bertz CT molecular complexity index is 1320. The predicted molar refractivity (Wildman–Crippen MR) is 147 cm³/mol. The molecule has 9 nitrogen and oxygen atoms in total. The smallest absolute Gasteiger partial charge is 0.420 e. The van der Waals surface area contributed by atoms with Crippen molar-refractivity contribution in [2.75, 3.05) is 43.9 Å². The Morgan fingerprint density at radius 2 is 1.70 bits per heavy atom. The highest BCUT2D eigenvalue weighted by Gasteiger charge is 2.36. The van der Waals surface area contributed by atoms with Crippen molar-refractivity contribution in [3.63, 3.8) is 0 Å². The van der Waals surface area contributed by atoms with E-state index in [9.17, 15) is 22.8 Å². The van der Waals surface area contributed by atoms with Crippen LogP contribution in [0.2, 0.25) is 5.02 Å².